The van der Waals surface area contributed by atoms with Gasteiger partial charge in [0.15, 0.2) is 5.76 Å². The zero-order chi connectivity index (χ0) is 16.1. The van der Waals surface area contributed by atoms with E-state index in [0.29, 0.717) is 38.4 Å². The van der Waals surface area contributed by atoms with Gasteiger partial charge in [-0.05, 0) is 24.1 Å². The molecule has 2 amide bonds. The number of amides is 2. The summed E-state index contributed by atoms with van der Waals surface area (Å²) in [5.74, 6) is 0.402. The molecule has 0 N–H and O–H groups in total. The van der Waals surface area contributed by atoms with E-state index in [9.17, 15) is 9.59 Å². The number of furan rings is 1. The highest BCUT2D eigenvalue weighted by Crippen LogP contribution is 2.11. The first-order valence-electron chi connectivity index (χ1n) is 7.88. The van der Waals surface area contributed by atoms with E-state index >= 15 is 0 Å². The van der Waals surface area contributed by atoms with Crippen molar-refractivity contribution < 1.29 is 14.0 Å². The third-order valence-corrected chi connectivity index (χ3v) is 4.12. The van der Waals surface area contributed by atoms with Gasteiger partial charge in [-0.1, -0.05) is 30.3 Å². The lowest BCUT2D eigenvalue weighted by Gasteiger charge is -2.34. The van der Waals surface area contributed by atoms with Gasteiger partial charge in [0.1, 0.15) is 0 Å². The third-order valence-electron chi connectivity index (χ3n) is 4.12. The van der Waals surface area contributed by atoms with Crippen LogP contribution in [-0.4, -0.2) is 47.8 Å². The van der Waals surface area contributed by atoms with Crippen molar-refractivity contribution in [3.63, 3.8) is 0 Å². The molecule has 0 spiro atoms. The summed E-state index contributed by atoms with van der Waals surface area (Å²) in [5, 5.41) is 0. The molecule has 0 saturated carbocycles. The fraction of sp³-hybridized carbons (Fsp3) is 0.333. The summed E-state index contributed by atoms with van der Waals surface area (Å²) in [6, 6.07) is 13.4. The van der Waals surface area contributed by atoms with Gasteiger partial charge in [-0.25, -0.2) is 0 Å². The van der Waals surface area contributed by atoms with E-state index in [4.69, 9.17) is 4.42 Å². The van der Waals surface area contributed by atoms with Crippen LogP contribution in [0.5, 0.6) is 0 Å². The van der Waals surface area contributed by atoms with E-state index in [1.165, 1.54) is 11.8 Å². The Morgan fingerprint density at radius 1 is 0.913 bits per heavy atom. The molecule has 0 atom stereocenters. The molecule has 0 radical (unpaired) electrons. The van der Waals surface area contributed by atoms with Crippen molar-refractivity contribution in [1.29, 1.82) is 0 Å². The van der Waals surface area contributed by atoms with Crippen molar-refractivity contribution in [3.8, 4) is 0 Å². The number of piperazine rings is 1. The molecule has 1 fully saturated rings. The number of carbonyl (C=O) groups excluding carboxylic acids is 2. The van der Waals surface area contributed by atoms with Crippen LogP contribution in [0.4, 0.5) is 0 Å². The van der Waals surface area contributed by atoms with Crippen molar-refractivity contribution in [2.24, 2.45) is 0 Å². The number of hydrogen-bond acceptors (Lipinski definition) is 3. The summed E-state index contributed by atoms with van der Waals surface area (Å²) in [6.45, 7) is 2.27. The Morgan fingerprint density at radius 3 is 2.26 bits per heavy atom. The van der Waals surface area contributed by atoms with Crippen LogP contribution < -0.4 is 0 Å². The van der Waals surface area contributed by atoms with Crippen molar-refractivity contribution in [2.45, 2.75) is 12.8 Å². The normalized spacial score (nSPS) is 14.8. The molecule has 120 valence electrons. The van der Waals surface area contributed by atoms with Crippen LogP contribution in [0.15, 0.2) is 53.1 Å². The summed E-state index contributed by atoms with van der Waals surface area (Å²) in [7, 11) is 0. The predicted octanol–water partition coefficient (Wildman–Crippen LogP) is 2.20. The maximum Gasteiger partial charge on any atom is 0.289 e. The molecule has 1 saturated heterocycles. The second kappa shape index (κ2) is 7.13. The van der Waals surface area contributed by atoms with Crippen molar-refractivity contribution in [3.05, 3.63) is 60.1 Å². The Balaban J connectivity index is 1.47. The Bertz CT molecular complexity index is 644. The highest BCUT2D eigenvalue weighted by atomic mass is 16.3. The van der Waals surface area contributed by atoms with Gasteiger partial charge in [-0.3, -0.25) is 9.59 Å². The van der Waals surface area contributed by atoms with Gasteiger partial charge in [0, 0.05) is 32.6 Å². The summed E-state index contributed by atoms with van der Waals surface area (Å²) < 4.78 is 5.14. The van der Waals surface area contributed by atoms with E-state index in [2.05, 4.69) is 0 Å². The Hall–Kier alpha value is -2.56. The predicted molar refractivity (Wildman–Crippen MR) is 86.0 cm³/mol. The molecular formula is C18H20N2O3. The maximum absolute atomic E-state index is 12.3. The molecule has 0 bridgehead atoms. The topological polar surface area (TPSA) is 53.8 Å². The standard InChI is InChI=1S/C18H20N2O3/c21-17(9-8-15-5-2-1-3-6-15)19-10-12-20(13-11-19)18(22)16-7-4-14-23-16/h1-7,14H,8-13H2. The average molecular weight is 312 g/mol. The largest absolute Gasteiger partial charge is 0.459 e. The van der Waals surface area contributed by atoms with Crippen LogP contribution in [-0.2, 0) is 11.2 Å². The van der Waals surface area contributed by atoms with Gasteiger partial charge in [-0.2, -0.15) is 0 Å². The van der Waals surface area contributed by atoms with E-state index in [0.717, 1.165) is 6.42 Å². The molecule has 1 aromatic carbocycles. The maximum atomic E-state index is 12.3. The van der Waals surface area contributed by atoms with Gasteiger partial charge in [-0.15, -0.1) is 0 Å². The molecule has 2 heterocycles. The molecule has 1 aromatic heterocycles. The molecule has 0 unspecified atom stereocenters. The highest BCUT2D eigenvalue weighted by Gasteiger charge is 2.25. The van der Waals surface area contributed by atoms with Gasteiger partial charge in [0.05, 0.1) is 6.26 Å². The monoisotopic (exact) mass is 312 g/mol. The molecule has 5 heteroatoms. The molecule has 23 heavy (non-hydrogen) atoms. The van der Waals surface area contributed by atoms with E-state index in [1.54, 1.807) is 17.0 Å². The molecule has 2 aromatic rings. The van der Waals surface area contributed by atoms with Crippen LogP contribution in [0.2, 0.25) is 0 Å². The second-order valence-corrected chi connectivity index (χ2v) is 5.64. The molecule has 0 aliphatic carbocycles. The molecule has 1 aliphatic heterocycles. The van der Waals surface area contributed by atoms with Crippen LogP contribution >= 0.6 is 0 Å². The lowest BCUT2D eigenvalue weighted by molar-refractivity contribution is -0.132. The average Bonchev–Trinajstić information content (AvgIpc) is 3.15. The van der Waals surface area contributed by atoms with E-state index in [-0.39, 0.29) is 11.8 Å². The SMILES string of the molecule is O=C(CCc1ccccc1)N1CCN(C(=O)c2ccco2)CC1. The van der Waals surface area contributed by atoms with Crippen molar-refractivity contribution in [1.82, 2.24) is 9.80 Å². The summed E-state index contributed by atoms with van der Waals surface area (Å²) in [4.78, 5) is 28.0. The van der Waals surface area contributed by atoms with Crippen molar-refractivity contribution in [2.75, 3.05) is 26.2 Å². The number of aryl methyl sites for hydroxylation is 1. The van der Waals surface area contributed by atoms with E-state index in [1.807, 2.05) is 35.2 Å². The zero-order valence-electron chi connectivity index (χ0n) is 13.0. The molecule has 5 nitrogen and oxygen atoms in total. The van der Waals surface area contributed by atoms with Crippen molar-refractivity contribution >= 4 is 11.8 Å². The summed E-state index contributed by atoms with van der Waals surface area (Å²) >= 11 is 0. The summed E-state index contributed by atoms with van der Waals surface area (Å²) in [6.07, 6.45) is 2.76. The zero-order valence-corrected chi connectivity index (χ0v) is 13.0. The molecular weight excluding hydrogens is 292 g/mol. The van der Waals surface area contributed by atoms with E-state index < -0.39 is 0 Å². The first-order valence-corrected chi connectivity index (χ1v) is 7.88. The number of rotatable bonds is 4. The highest BCUT2D eigenvalue weighted by molar-refractivity contribution is 5.91. The first kappa shape index (κ1) is 15.3. The molecule has 3 rings (SSSR count). The number of hydrogen-bond donors (Lipinski definition) is 0. The number of benzene rings is 1. The quantitative estimate of drug-likeness (QED) is 0.869. The Labute approximate surface area is 135 Å². The number of carbonyl (C=O) groups is 2. The number of nitrogens with zero attached hydrogens (tertiary/aromatic N) is 2. The first-order chi connectivity index (χ1) is 11.2. The second-order valence-electron chi connectivity index (χ2n) is 5.64. The Kier molecular flexibility index (Phi) is 4.76. The van der Waals surface area contributed by atoms with Crippen LogP contribution in [0.1, 0.15) is 22.5 Å². The lowest BCUT2D eigenvalue weighted by atomic mass is 10.1. The fourth-order valence-electron chi connectivity index (χ4n) is 2.77. The van der Waals surface area contributed by atoms with Gasteiger partial charge >= 0.3 is 0 Å². The van der Waals surface area contributed by atoms with Gasteiger partial charge in [0.25, 0.3) is 5.91 Å². The fourth-order valence-corrected chi connectivity index (χ4v) is 2.77. The minimum absolute atomic E-state index is 0.105. The minimum atomic E-state index is -0.105. The minimum Gasteiger partial charge on any atom is -0.459 e. The smallest absolute Gasteiger partial charge is 0.289 e. The van der Waals surface area contributed by atoms with Crippen LogP contribution in [0.25, 0.3) is 0 Å². The lowest BCUT2D eigenvalue weighted by Crippen LogP contribution is -2.50. The Morgan fingerprint density at radius 2 is 1.61 bits per heavy atom. The third kappa shape index (κ3) is 3.80. The van der Waals surface area contributed by atoms with Gasteiger partial charge in [0.2, 0.25) is 5.91 Å². The molecule has 1 aliphatic rings. The van der Waals surface area contributed by atoms with Crippen LogP contribution in [0.3, 0.4) is 0 Å². The summed E-state index contributed by atoms with van der Waals surface area (Å²) in [5.41, 5.74) is 1.17. The van der Waals surface area contributed by atoms with Gasteiger partial charge < -0.3 is 14.2 Å². The van der Waals surface area contributed by atoms with Crippen LogP contribution in [0, 0.1) is 0 Å².